The van der Waals surface area contributed by atoms with Gasteiger partial charge in [-0.25, -0.2) is 0 Å². The molecule has 10 aromatic carbocycles. The van der Waals surface area contributed by atoms with Crippen molar-refractivity contribution < 1.29 is 4.74 Å². The van der Waals surface area contributed by atoms with Crippen LogP contribution in [0.2, 0.25) is 0 Å². The maximum absolute atomic E-state index is 7.26. The zero-order valence-corrected chi connectivity index (χ0v) is 34.6. The Bertz CT molecular complexity index is 3380. The van der Waals surface area contributed by atoms with Gasteiger partial charge in [0.25, 0.3) is 0 Å². The monoisotopic (exact) mass is 791 g/mol. The van der Waals surface area contributed by atoms with Gasteiger partial charge < -0.3 is 9.64 Å². The molecule has 62 heavy (non-hydrogen) atoms. The number of ether oxygens (including phenoxy) is 1. The molecule has 0 radical (unpaired) electrons. The molecule has 292 valence electrons. The highest BCUT2D eigenvalue weighted by Gasteiger charge is 2.52. The first-order valence-electron chi connectivity index (χ1n) is 21.7. The van der Waals surface area contributed by atoms with Gasteiger partial charge in [0.05, 0.1) is 11.1 Å². The highest BCUT2D eigenvalue weighted by atomic mass is 16.5. The summed E-state index contributed by atoms with van der Waals surface area (Å²) in [6.07, 6.45) is 0. The SMILES string of the molecule is CC1(C)c2ccccc2-c2cc(N(c3ccc(-c4ccccc4)cc3)c3cccc4c3-c3ccccc3C43c4ccc5ccccc5c4Oc4c3ccc3ccccc43)ccc21. The Morgan fingerprint density at radius 1 is 0.371 bits per heavy atom. The molecule has 13 rings (SSSR count). The molecule has 0 saturated carbocycles. The Morgan fingerprint density at radius 2 is 0.903 bits per heavy atom. The predicted octanol–water partition coefficient (Wildman–Crippen LogP) is 15.9. The van der Waals surface area contributed by atoms with E-state index in [0.717, 1.165) is 61.2 Å². The minimum Gasteiger partial charge on any atom is -0.455 e. The lowest BCUT2D eigenvalue weighted by Gasteiger charge is -2.40. The number of rotatable bonds is 4. The number of anilines is 3. The lowest BCUT2D eigenvalue weighted by molar-refractivity contribution is 0.447. The van der Waals surface area contributed by atoms with Crippen LogP contribution in [0.4, 0.5) is 17.1 Å². The molecule has 0 amide bonds. The van der Waals surface area contributed by atoms with E-state index < -0.39 is 5.41 Å². The third-order valence-corrected chi connectivity index (χ3v) is 14.1. The summed E-state index contributed by atoms with van der Waals surface area (Å²) in [4.78, 5) is 2.50. The fourth-order valence-electron chi connectivity index (χ4n) is 11.3. The van der Waals surface area contributed by atoms with Crippen LogP contribution >= 0.6 is 0 Å². The van der Waals surface area contributed by atoms with Crippen molar-refractivity contribution in [2.45, 2.75) is 24.7 Å². The molecule has 2 heteroatoms. The van der Waals surface area contributed by atoms with Gasteiger partial charge in [-0.05, 0) is 91.2 Å². The van der Waals surface area contributed by atoms with Gasteiger partial charge in [0.2, 0.25) is 0 Å². The maximum atomic E-state index is 7.26. The van der Waals surface area contributed by atoms with Gasteiger partial charge in [-0.1, -0.05) is 196 Å². The number of nitrogens with zero attached hydrogens (tertiary/aromatic N) is 1. The smallest absolute Gasteiger partial charge is 0.140 e. The van der Waals surface area contributed by atoms with E-state index in [1.807, 2.05) is 0 Å². The summed E-state index contributed by atoms with van der Waals surface area (Å²) < 4.78 is 7.26. The Kier molecular flexibility index (Phi) is 7.31. The minimum atomic E-state index is -0.650. The van der Waals surface area contributed by atoms with Gasteiger partial charge in [-0.15, -0.1) is 0 Å². The minimum absolute atomic E-state index is 0.0931. The third kappa shape index (κ3) is 4.69. The summed E-state index contributed by atoms with van der Waals surface area (Å²) in [5.41, 5.74) is 17.7. The molecule has 2 aliphatic carbocycles. The molecular formula is C60H41NO. The van der Waals surface area contributed by atoms with Crippen molar-refractivity contribution in [1.29, 1.82) is 0 Å². The molecule has 0 fully saturated rings. The third-order valence-electron chi connectivity index (χ3n) is 14.1. The van der Waals surface area contributed by atoms with Crippen LogP contribution in [0.15, 0.2) is 212 Å². The van der Waals surface area contributed by atoms with E-state index >= 15 is 0 Å². The Morgan fingerprint density at radius 3 is 1.61 bits per heavy atom. The van der Waals surface area contributed by atoms with Gasteiger partial charge in [0.15, 0.2) is 0 Å². The molecule has 0 atom stereocenters. The fraction of sp³-hybridized carbons (Fsp3) is 0.0667. The normalized spacial score (nSPS) is 14.4. The van der Waals surface area contributed by atoms with Gasteiger partial charge in [-0.3, -0.25) is 0 Å². The molecular weight excluding hydrogens is 751 g/mol. The first-order valence-corrected chi connectivity index (χ1v) is 21.7. The van der Waals surface area contributed by atoms with Crippen molar-refractivity contribution in [1.82, 2.24) is 0 Å². The molecule has 0 N–H and O–H groups in total. The molecule has 1 aliphatic heterocycles. The molecule has 1 heterocycles. The van der Waals surface area contributed by atoms with Gasteiger partial charge in [-0.2, -0.15) is 0 Å². The van der Waals surface area contributed by atoms with Crippen LogP contribution in [0, 0.1) is 0 Å². The van der Waals surface area contributed by atoms with E-state index in [2.05, 4.69) is 231 Å². The van der Waals surface area contributed by atoms with Crippen LogP contribution < -0.4 is 9.64 Å². The van der Waals surface area contributed by atoms with Crippen molar-refractivity contribution in [3.05, 3.63) is 246 Å². The summed E-state index contributed by atoms with van der Waals surface area (Å²) in [6.45, 7) is 4.71. The zero-order chi connectivity index (χ0) is 41.2. The Labute approximate surface area is 362 Å². The second kappa shape index (κ2) is 12.9. The molecule has 0 bridgehead atoms. The van der Waals surface area contributed by atoms with Gasteiger partial charge >= 0.3 is 0 Å². The Hall–Kier alpha value is -7.68. The maximum Gasteiger partial charge on any atom is 0.140 e. The number of hydrogen-bond acceptors (Lipinski definition) is 2. The van der Waals surface area contributed by atoms with Crippen molar-refractivity contribution in [3.8, 4) is 44.9 Å². The quantitative estimate of drug-likeness (QED) is 0.176. The summed E-state index contributed by atoms with van der Waals surface area (Å²) in [7, 11) is 0. The summed E-state index contributed by atoms with van der Waals surface area (Å²) in [5.74, 6) is 1.85. The molecule has 0 aromatic heterocycles. The molecule has 10 aromatic rings. The van der Waals surface area contributed by atoms with Crippen LogP contribution in [0.1, 0.15) is 47.2 Å². The van der Waals surface area contributed by atoms with E-state index in [0.29, 0.717) is 0 Å². The van der Waals surface area contributed by atoms with E-state index in [4.69, 9.17) is 4.74 Å². The summed E-state index contributed by atoms with van der Waals surface area (Å²) in [6, 6.07) is 78.4. The molecule has 0 unspecified atom stereocenters. The number of fused-ring (bicyclic) bond motifs is 16. The van der Waals surface area contributed by atoms with E-state index in [-0.39, 0.29) is 5.41 Å². The van der Waals surface area contributed by atoms with Crippen molar-refractivity contribution in [2.24, 2.45) is 0 Å². The topological polar surface area (TPSA) is 12.5 Å². The van der Waals surface area contributed by atoms with Crippen molar-refractivity contribution in [3.63, 3.8) is 0 Å². The molecule has 1 spiro atoms. The zero-order valence-electron chi connectivity index (χ0n) is 34.6. The summed E-state index contributed by atoms with van der Waals surface area (Å²) >= 11 is 0. The van der Waals surface area contributed by atoms with E-state index in [1.165, 1.54) is 55.6 Å². The summed E-state index contributed by atoms with van der Waals surface area (Å²) in [5, 5.41) is 4.56. The van der Waals surface area contributed by atoms with Crippen molar-refractivity contribution >= 4 is 38.6 Å². The lowest BCUT2D eigenvalue weighted by atomic mass is 9.65. The van der Waals surface area contributed by atoms with Gasteiger partial charge in [0.1, 0.15) is 11.5 Å². The average Bonchev–Trinajstić information content (AvgIpc) is 3.75. The molecule has 0 saturated heterocycles. The second-order valence-corrected chi connectivity index (χ2v) is 17.6. The standard InChI is InChI=1S/C60H41NO/c1-59(2)49-23-12-10-21-46(49)48-37-43(33-36-50(48)59)61(42-31-27-39(28-32-42)38-15-4-3-5-16-38)55-26-14-25-52-56(55)47-22-11-13-24-51(47)60(52)53-34-29-40-17-6-8-19-44(40)57(53)62-58-45-20-9-7-18-41(45)30-35-54(58)60/h3-37H,1-2H3. The number of benzene rings is 10. The van der Waals surface area contributed by atoms with E-state index in [1.54, 1.807) is 0 Å². The van der Waals surface area contributed by atoms with E-state index in [9.17, 15) is 0 Å². The lowest BCUT2D eigenvalue weighted by Crippen LogP contribution is -2.32. The second-order valence-electron chi connectivity index (χ2n) is 17.6. The first kappa shape index (κ1) is 35.1. The highest BCUT2D eigenvalue weighted by molar-refractivity contribution is 6.03. The molecule has 3 aliphatic rings. The largest absolute Gasteiger partial charge is 0.455 e. The Balaban J connectivity index is 1.11. The van der Waals surface area contributed by atoms with Crippen LogP contribution in [0.3, 0.4) is 0 Å². The van der Waals surface area contributed by atoms with Gasteiger partial charge in [0, 0.05) is 44.3 Å². The first-order chi connectivity index (χ1) is 30.5. The van der Waals surface area contributed by atoms with Crippen LogP contribution in [-0.4, -0.2) is 0 Å². The predicted molar refractivity (Wildman–Crippen MR) is 257 cm³/mol. The van der Waals surface area contributed by atoms with Crippen molar-refractivity contribution in [2.75, 3.05) is 4.90 Å². The van der Waals surface area contributed by atoms with Crippen LogP contribution in [-0.2, 0) is 10.8 Å². The van der Waals surface area contributed by atoms with Crippen LogP contribution in [0.25, 0.3) is 54.9 Å². The highest BCUT2D eigenvalue weighted by Crippen LogP contribution is 2.66. The average molecular weight is 792 g/mol. The molecule has 2 nitrogen and oxygen atoms in total. The number of hydrogen-bond donors (Lipinski definition) is 0. The van der Waals surface area contributed by atoms with Crippen LogP contribution in [0.5, 0.6) is 11.5 Å². The fourth-order valence-corrected chi connectivity index (χ4v) is 11.3.